The van der Waals surface area contributed by atoms with Gasteiger partial charge in [0.25, 0.3) is 0 Å². The Morgan fingerprint density at radius 2 is 2.12 bits per heavy atom. The van der Waals surface area contributed by atoms with Crippen LogP contribution in [0.3, 0.4) is 0 Å². The van der Waals surface area contributed by atoms with Gasteiger partial charge in [0.05, 0.1) is 19.1 Å². The topological polar surface area (TPSA) is 78.9 Å². The van der Waals surface area contributed by atoms with Crippen LogP contribution in [0.4, 0.5) is 0 Å². The van der Waals surface area contributed by atoms with Crippen molar-refractivity contribution in [2.24, 2.45) is 0 Å². The van der Waals surface area contributed by atoms with Gasteiger partial charge in [-0.15, -0.1) is 16.4 Å². The zero-order chi connectivity index (χ0) is 17.8. The predicted octanol–water partition coefficient (Wildman–Crippen LogP) is 3.74. The van der Waals surface area contributed by atoms with Gasteiger partial charge in [-0.2, -0.15) is 0 Å². The second-order valence-electron chi connectivity index (χ2n) is 5.36. The molecule has 7 nitrogen and oxygen atoms in total. The summed E-state index contributed by atoms with van der Waals surface area (Å²) >= 11 is 3.18. The molecule has 0 saturated carbocycles. The van der Waals surface area contributed by atoms with Gasteiger partial charge in [0.1, 0.15) is 23.1 Å². The average Bonchev–Trinajstić information content (AvgIpc) is 3.43. The molecule has 132 valence electrons. The van der Waals surface area contributed by atoms with E-state index < -0.39 is 0 Å². The molecule has 0 saturated heterocycles. The maximum Gasteiger partial charge on any atom is 0.210 e. The molecule has 26 heavy (non-hydrogen) atoms. The van der Waals surface area contributed by atoms with Crippen molar-refractivity contribution < 1.29 is 9.15 Å². The highest BCUT2D eigenvalue weighted by Crippen LogP contribution is 2.28. The van der Waals surface area contributed by atoms with E-state index in [1.165, 1.54) is 0 Å². The zero-order valence-corrected chi connectivity index (χ0v) is 15.5. The number of hydrogen-bond acceptors (Lipinski definition) is 8. The number of aromatic nitrogens is 5. The molecule has 0 fully saturated rings. The summed E-state index contributed by atoms with van der Waals surface area (Å²) in [7, 11) is 1.66. The Labute approximate surface area is 158 Å². The number of thiazole rings is 1. The maximum absolute atomic E-state index is 5.35. The molecule has 0 aliphatic heterocycles. The minimum Gasteiger partial charge on any atom is -0.497 e. The first-order chi connectivity index (χ1) is 12.8. The lowest BCUT2D eigenvalue weighted by Gasteiger charge is -2.01. The van der Waals surface area contributed by atoms with Gasteiger partial charge in [-0.3, -0.25) is 0 Å². The van der Waals surface area contributed by atoms with Crippen LogP contribution in [0.2, 0.25) is 0 Å². The summed E-state index contributed by atoms with van der Waals surface area (Å²) in [6, 6.07) is 11.7. The summed E-state index contributed by atoms with van der Waals surface area (Å²) in [5.74, 6) is 2.35. The van der Waals surface area contributed by atoms with Crippen LogP contribution in [0.5, 0.6) is 5.75 Å². The van der Waals surface area contributed by atoms with Crippen LogP contribution in [0, 0.1) is 0 Å². The molecule has 1 aromatic carbocycles. The Morgan fingerprint density at radius 3 is 2.88 bits per heavy atom. The van der Waals surface area contributed by atoms with Crippen molar-refractivity contribution >= 4 is 23.1 Å². The van der Waals surface area contributed by atoms with Gasteiger partial charge in [0, 0.05) is 16.7 Å². The van der Waals surface area contributed by atoms with Crippen molar-refractivity contribution in [1.29, 1.82) is 0 Å². The molecule has 3 heterocycles. The number of benzene rings is 1. The Morgan fingerprint density at radius 1 is 1.23 bits per heavy atom. The quantitative estimate of drug-likeness (QED) is 0.448. The van der Waals surface area contributed by atoms with Gasteiger partial charge >= 0.3 is 0 Å². The van der Waals surface area contributed by atoms with Crippen LogP contribution < -0.4 is 4.74 Å². The third-order valence-corrected chi connectivity index (χ3v) is 5.55. The van der Waals surface area contributed by atoms with Crippen molar-refractivity contribution in [1.82, 2.24) is 25.2 Å². The van der Waals surface area contributed by atoms with Crippen molar-refractivity contribution in [2.45, 2.75) is 17.5 Å². The fourth-order valence-corrected chi connectivity index (χ4v) is 4.03. The van der Waals surface area contributed by atoms with Crippen LogP contribution in [-0.4, -0.2) is 32.3 Å². The zero-order valence-electron chi connectivity index (χ0n) is 13.9. The summed E-state index contributed by atoms with van der Waals surface area (Å²) in [5.41, 5.74) is 2.08. The molecule has 0 amide bonds. The van der Waals surface area contributed by atoms with Crippen LogP contribution in [-0.2, 0) is 12.3 Å². The number of furan rings is 1. The highest BCUT2D eigenvalue weighted by molar-refractivity contribution is 7.98. The molecule has 0 bridgehead atoms. The first-order valence-electron chi connectivity index (χ1n) is 7.82. The van der Waals surface area contributed by atoms with E-state index in [-0.39, 0.29) is 0 Å². The average molecular weight is 385 g/mol. The number of nitrogens with zero attached hydrogens (tertiary/aromatic N) is 5. The highest BCUT2D eigenvalue weighted by Gasteiger charge is 2.11. The van der Waals surface area contributed by atoms with Crippen molar-refractivity contribution in [3.05, 3.63) is 59.5 Å². The maximum atomic E-state index is 5.35. The van der Waals surface area contributed by atoms with Gasteiger partial charge < -0.3 is 9.15 Å². The fourth-order valence-electron chi connectivity index (χ4n) is 2.33. The predicted molar refractivity (Wildman–Crippen MR) is 99.3 cm³/mol. The molecule has 4 aromatic rings. The van der Waals surface area contributed by atoms with E-state index >= 15 is 0 Å². The first-order valence-corrected chi connectivity index (χ1v) is 9.68. The summed E-state index contributed by atoms with van der Waals surface area (Å²) in [6.45, 7) is 0.510. The van der Waals surface area contributed by atoms with E-state index in [9.17, 15) is 0 Å². The second-order valence-corrected chi connectivity index (χ2v) is 7.16. The van der Waals surface area contributed by atoms with Crippen LogP contribution >= 0.6 is 23.1 Å². The van der Waals surface area contributed by atoms with E-state index in [1.54, 1.807) is 41.2 Å². The number of rotatable bonds is 7. The fraction of sp³-hybridized carbons (Fsp3) is 0.176. The monoisotopic (exact) mass is 385 g/mol. The van der Waals surface area contributed by atoms with Gasteiger partial charge in [-0.25, -0.2) is 9.67 Å². The van der Waals surface area contributed by atoms with Crippen molar-refractivity contribution in [3.8, 4) is 16.3 Å². The van der Waals surface area contributed by atoms with Crippen molar-refractivity contribution in [2.75, 3.05) is 7.11 Å². The van der Waals surface area contributed by atoms with Gasteiger partial charge in [0.2, 0.25) is 5.16 Å². The lowest BCUT2D eigenvalue weighted by Crippen LogP contribution is -2.03. The third kappa shape index (κ3) is 3.78. The first kappa shape index (κ1) is 16.8. The van der Waals surface area contributed by atoms with E-state index in [1.807, 2.05) is 36.4 Å². The van der Waals surface area contributed by atoms with Crippen LogP contribution in [0.25, 0.3) is 10.6 Å². The summed E-state index contributed by atoms with van der Waals surface area (Å²) < 4.78 is 12.3. The molecule has 3 aromatic heterocycles. The normalized spacial score (nSPS) is 11.0. The number of tetrazole rings is 1. The Balaban J connectivity index is 1.41. The molecule has 9 heteroatoms. The van der Waals surface area contributed by atoms with Crippen LogP contribution in [0.15, 0.2) is 57.6 Å². The second kappa shape index (κ2) is 7.71. The number of hydrogen-bond donors (Lipinski definition) is 0. The Bertz CT molecular complexity index is 963. The smallest absolute Gasteiger partial charge is 0.210 e. The number of ether oxygens (including phenoxy) is 1. The lowest BCUT2D eigenvalue weighted by molar-refractivity contribution is 0.415. The Hall–Kier alpha value is -2.65. The van der Waals surface area contributed by atoms with Gasteiger partial charge in [-0.1, -0.05) is 11.8 Å². The Kier molecular flexibility index (Phi) is 4.98. The minimum atomic E-state index is 0.510. The molecule has 0 N–H and O–H groups in total. The highest BCUT2D eigenvalue weighted by atomic mass is 32.2. The van der Waals surface area contributed by atoms with E-state index in [0.717, 1.165) is 32.9 Å². The minimum absolute atomic E-state index is 0.510. The molecule has 0 spiro atoms. The molecule has 0 radical (unpaired) electrons. The summed E-state index contributed by atoms with van der Waals surface area (Å²) in [4.78, 5) is 4.70. The van der Waals surface area contributed by atoms with E-state index in [0.29, 0.717) is 12.3 Å². The lowest BCUT2D eigenvalue weighted by atomic mass is 10.2. The van der Waals surface area contributed by atoms with Crippen LogP contribution in [0.1, 0.15) is 11.5 Å². The molecule has 0 aliphatic carbocycles. The molecular formula is C17H15N5O2S2. The van der Waals surface area contributed by atoms with E-state index in [2.05, 4.69) is 20.9 Å². The molecule has 0 unspecified atom stereocenters. The van der Waals surface area contributed by atoms with E-state index in [4.69, 9.17) is 14.1 Å². The molecule has 0 aliphatic rings. The van der Waals surface area contributed by atoms with Gasteiger partial charge in [0.15, 0.2) is 0 Å². The molecule has 0 atom stereocenters. The third-order valence-electron chi connectivity index (χ3n) is 3.62. The SMILES string of the molecule is COc1ccc(-c2nc(CSc3nnnn3Cc3ccco3)cs2)cc1. The summed E-state index contributed by atoms with van der Waals surface area (Å²) in [5, 5.41) is 15.6. The largest absolute Gasteiger partial charge is 0.497 e. The molecule has 4 rings (SSSR count). The number of methoxy groups -OCH3 is 1. The van der Waals surface area contributed by atoms with Gasteiger partial charge in [-0.05, 0) is 46.8 Å². The molecular weight excluding hydrogens is 370 g/mol. The standard InChI is InChI=1S/C17H15N5O2S2/c1-23-14-6-4-12(5-7-14)16-18-13(10-25-16)11-26-17-19-20-21-22(17)9-15-3-2-8-24-15/h2-8,10H,9,11H2,1H3. The number of thioether (sulfide) groups is 1. The summed E-state index contributed by atoms with van der Waals surface area (Å²) in [6.07, 6.45) is 1.64. The van der Waals surface area contributed by atoms with Crippen molar-refractivity contribution in [3.63, 3.8) is 0 Å².